The Morgan fingerprint density at radius 2 is 2.00 bits per heavy atom. The first kappa shape index (κ1) is 15.5. The molecule has 0 saturated heterocycles. The summed E-state index contributed by atoms with van der Waals surface area (Å²) in [6.45, 7) is 2.26. The molecule has 1 aromatic heterocycles. The van der Waals surface area contributed by atoms with Gasteiger partial charge in [-0.25, -0.2) is 0 Å². The van der Waals surface area contributed by atoms with Crippen LogP contribution in [0.1, 0.15) is 24.4 Å². The average molecular weight is 309 g/mol. The van der Waals surface area contributed by atoms with Crippen LogP contribution in [0.4, 0.5) is 0 Å². The van der Waals surface area contributed by atoms with Crippen molar-refractivity contribution in [3.8, 4) is 5.75 Å². The van der Waals surface area contributed by atoms with Crippen LogP contribution in [0.2, 0.25) is 0 Å². The molecule has 0 radical (unpaired) electrons. The summed E-state index contributed by atoms with van der Waals surface area (Å²) >= 11 is 6.29. The van der Waals surface area contributed by atoms with E-state index in [0.29, 0.717) is 29.4 Å². The normalized spacial score (nSPS) is 13.5. The molecule has 5 heteroatoms. The molecule has 1 unspecified atom stereocenters. The number of furan rings is 1. The molecule has 0 spiro atoms. The standard InChI is InChI=1S/C16H17ClO4/c1-3-20-16(13-5-4-10-21-13)14(17)15(18)11-6-8-12(19-2)9-7-11/h4-10,15,18H,3H2,1-2H3/b16-14+. The zero-order valence-corrected chi connectivity index (χ0v) is 12.6. The van der Waals surface area contributed by atoms with Gasteiger partial charge in [0, 0.05) is 0 Å². The Morgan fingerprint density at radius 3 is 2.52 bits per heavy atom. The number of benzene rings is 1. The van der Waals surface area contributed by atoms with Crippen molar-refractivity contribution in [1.82, 2.24) is 0 Å². The van der Waals surface area contributed by atoms with E-state index in [0.717, 1.165) is 0 Å². The maximum absolute atomic E-state index is 10.4. The van der Waals surface area contributed by atoms with Crippen molar-refractivity contribution in [3.05, 3.63) is 59.0 Å². The van der Waals surface area contributed by atoms with Gasteiger partial charge >= 0.3 is 0 Å². The van der Waals surface area contributed by atoms with E-state index in [1.54, 1.807) is 43.5 Å². The lowest BCUT2D eigenvalue weighted by atomic mass is 10.1. The van der Waals surface area contributed by atoms with E-state index in [1.807, 2.05) is 6.92 Å². The van der Waals surface area contributed by atoms with Gasteiger partial charge in [-0.1, -0.05) is 23.7 Å². The fourth-order valence-corrected chi connectivity index (χ4v) is 2.14. The molecule has 1 N–H and O–H groups in total. The van der Waals surface area contributed by atoms with Crippen LogP contribution < -0.4 is 4.74 Å². The molecule has 0 amide bonds. The van der Waals surface area contributed by atoms with Crippen molar-refractivity contribution < 1.29 is 19.0 Å². The number of hydrogen-bond donors (Lipinski definition) is 1. The van der Waals surface area contributed by atoms with Crippen molar-refractivity contribution in [2.75, 3.05) is 13.7 Å². The Bertz CT molecular complexity index is 587. The predicted molar refractivity (Wildman–Crippen MR) is 81.1 cm³/mol. The number of aliphatic hydroxyl groups is 1. The summed E-state index contributed by atoms with van der Waals surface area (Å²) in [6, 6.07) is 10.5. The van der Waals surface area contributed by atoms with Crippen molar-refractivity contribution in [3.63, 3.8) is 0 Å². The van der Waals surface area contributed by atoms with Crippen molar-refractivity contribution >= 4 is 17.4 Å². The van der Waals surface area contributed by atoms with Gasteiger partial charge in [0.1, 0.15) is 11.9 Å². The second-order valence-corrected chi connectivity index (χ2v) is 4.67. The lowest BCUT2D eigenvalue weighted by Gasteiger charge is -2.15. The molecular weight excluding hydrogens is 292 g/mol. The van der Waals surface area contributed by atoms with Gasteiger partial charge in [0.25, 0.3) is 0 Å². The Labute approximate surface area is 128 Å². The van der Waals surface area contributed by atoms with Crippen LogP contribution >= 0.6 is 11.6 Å². The molecule has 0 aliphatic heterocycles. The lowest BCUT2D eigenvalue weighted by Crippen LogP contribution is -2.02. The zero-order valence-electron chi connectivity index (χ0n) is 11.9. The van der Waals surface area contributed by atoms with Gasteiger partial charge in [-0.2, -0.15) is 0 Å². The number of halogens is 1. The minimum Gasteiger partial charge on any atom is -0.497 e. The third-order valence-corrected chi connectivity index (χ3v) is 3.30. The number of aliphatic hydroxyl groups excluding tert-OH is 1. The summed E-state index contributed by atoms with van der Waals surface area (Å²) in [5, 5.41) is 10.6. The monoisotopic (exact) mass is 308 g/mol. The molecule has 0 bridgehead atoms. The van der Waals surface area contributed by atoms with E-state index >= 15 is 0 Å². The largest absolute Gasteiger partial charge is 0.497 e. The van der Waals surface area contributed by atoms with E-state index in [9.17, 15) is 5.11 Å². The highest BCUT2D eigenvalue weighted by Crippen LogP contribution is 2.33. The highest BCUT2D eigenvalue weighted by molar-refractivity contribution is 6.32. The van der Waals surface area contributed by atoms with E-state index < -0.39 is 6.10 Å². The van der Waals surface area contributed by atoms with Gasteiger partial charge in [0.05, 0.1) is 25.0 Å². The van der Waals surface area contributed by atoms with Gasteiger partial charge in [0.15, 0.2) is 11.5 Å². The maximum atomic E-state index is 10.4. The first-order valence-corrected chi connectivity index (χ1v) is 6.93. The van der Waals surface area contributed by atoms with Crippen molar-refractivity contribution in [2.24, 2.45) is 0 Å². The minimum atomic E-state index is -0.996. The minimum absolute atomic E-state index is 0.178. The third kappa shape index (κ3) is 3.60. The van der Waals surface area contributed by atoms with Gasteiger partial charge in [-0.15, -0.1) is 0 Å². The van der Waals surface area contributed by atoms with Crippen LogP contribution in [0, 0.1) is 0 Å². The van der Waals surface area contributed by atoms with Crippen LogP contribution in [0.15, 0.2) is 52.1 Å². The van der Waals surface area contributed by atoms with Crippen LogP contribution in [0.5, 0.6) is 5.75 Å². The van der Waals surface area contributed by atoms with Gasteiger partial charge in [0.2, 0.25) is 0 Å². The second-order valence-electron chi connectivity index (χ2n) is 4.26. The average Bonchev–Trinajstić information content (AvgIpc) is 3.05. The third-order valence-electron chi connectivity index (χ3n) is 2.92. The second kappa shape index (κ2) is 7.20. The van der Waals surface area contributed by atoms with Crippen LogP contribution in [-0.4, -0.2) is 18.8 Å². The van der Waals surface area contributed by atoms with E-state index in [-0.39, 0.29) is 5.03 Å². The van der Waals surface area contributed by atoms with E-state index in [2.05, 4.69) is 0 Å². The number of methoxy groups -OCH3 is 1. The molecule has 1 heterocycles. The number of rotatable bonds is 6. The quantitative estimate of drug-likeness (QED) is 0.821. The summed E-state index contributed by atoms with van der Waals surface area (Å²) in [6.07, 6.45) is 0.530. The molecule has 2 aromatic rings. The smallest absolute Gasteiger partial charge is 0.179 e. The van der Waals surface area contributed by atoms with Crippen molar-refractivity contribution in [2.45, 2.75) is 13.0 Å². The lowest BCUT2D eigenvalue weighted by molar-refractivity contribution is 0.214. The highest BCUT2D eigenvalue weighted by Gasteiger charge is 2.20. The summed E-state index contributed by atoms with van der Waals surface area (Å²) < 4.78 is 15.9. The molecule has 21 heavy (non-hydrogen) atoms. The molecule has 0 aliphatic carbocycles. The van der Waals surface area contributed by atoms with E-state index in [1.165, 1.54) is 6.26 Å². The number of hydrogen-bond acceptors (Lipinski definition) is 4. The van der Waals surface area contributed by atoms with Crippen LogP contribution in [0.25, 0.3) is 5.76 Å². The molecule has 1 atom stereocenters. The highest BCUT2D eigenvalue weighted by atomic mass is 35.5. The van der Waals surface area contributed by atoms with Gasteiger partial charge < -0.3 is 19.0 Å². The van der Waals surface area contributed by atoms with Crippen molar-refractivity contribution in [1.29, 1.82) is 0 Å². The first-order chi connectivity index (χ1) is 10.2. The molecule has 112 valence electrons. The molecule has 4 nitrogen and oxygen atoms in total. The van der Waals surface area contributed by atoms with Crippen LogP contribution in [-0.2, 0) is 4.74 Å². The Morgan fingerprint density at radius 1 is 1.29 bits per heavy atom. The fourth-order valence-electron chi connectivity index (χ4n) is 1.87. The summed E-state index contributed by atoms with van der Waals surface area (Å²) in [4.78, 5) is 0. The van der Waals surface area contributed by atoms with Gasteiger partial charge in [-0.3, -0.25) is 0 Å². The summed E-state index contributed by atoms with van der Waals surface area (Å²) in [5.74, 6) is 1.53. The summed E-state index contributed by atoms with van der Waals surface area (Å²) in [5.41, 5.74) is 0.643. The van der Waals surface area contributed by atoms with E-state index in [4.69, 9.17) is 25.5 Å². The van der Waals surface area contributed by atoms with Crippen LogP contribution in [0.3, 0.4) is 0 Å². The Hall–Kier alpha value is -1.91. The first-order valence-electron chi connectivity index (χ1n) is 6.55. The molecule has 0 fully saturated rings. The molecular formula is C16H17ClO4. The SMILES string of the molecule is CCO/C(=C(/Cl)C(O)c1ccc(OC)cc1)c1ccco1. The predicted octanol–water partition coefficient (Wildman–Crippen LogP) is 3.97. The fraction of sp³-hybridized carbons (Fsp3) is 0.250. The zero-order chi connectivity index (χ0) is 15.2. The molecule has 1 aromatic carbocycles. The maximum Gasteiger partial charge on any atom is 0.179 e. The topological polar surface area (TPSA) is 51.8 Å². The summed E-state index contributed by atoms with van der Waals surface area (Å²) in [7, 11) is 1.59. The molecule has 0 saturated carbocycles. The Kier molecular flexibility index (Phi) is 5.31. The Balaban J connectivity index is 2.33. The molecule has 0 aliphatic rings. The molecule has 2 rings (SSSR count). The number of ether oxygens (including phenoxy) is 2. The van der Waals surface area contributed by atoms with Gasteiger partial charge in [-0.05, 0) is 36.8 Å².